The predicted octanol–water partition coefficient (Wildman–Crippen LogP) is 3.26. The molecule has 29 heavy (non-hydrogen) atoms. The first kappa shape index (κ1) is 18.6. The number of rotatable bonds is 5. The van der Waals surface area contributed by atoms with Crippen molar-refractivity contribution in [2.75, 3.05) is 23.4 Å². The zero-order valence-corrected chi connectivity index (χ0v) is 15.5. The van der Waals surface area contributed by atoms with E-state index in [0.29, 0.717) is 22.0 Å². The number of anilines is 2. The zero-order chi connectivity index (χ0) is 20.7. The first-order valence-corrected chi connectivity index (χ1v) is 8.98. The Kier molecular flexibility index (Phi) is 4.48. The van der Waals surface area contributed by atoms with Gasteiger partial charge < -0.3 is 10.4 Å². The van der Waals surface area contributed by atoms with Crippen LogP contribution in [0.25, 0.3) is 10.8 Å². The van der Waals surface area contributed by atoms with Gasteiger partial charge >= 0.3 is 0 Å². The van der Waals surface area contributed by atoms with Crippen LogP contribution in [0.4, 0.5) is 17.1 Å². The summed E-state index contributed by atoms with van der Waals surface area (Å²) in [5.74, 6) is -1.10. The highest BCUT2D eigenvalue weighted by atomic mass is 16.6. The van der Waals surface area contributed by atoms with Gasteiger partial charge in [-0.2, -0.15) is 0 Å². The average Bonchev–Trinajstić information content (AvgIpc) is 2.71. The third-order valence-corrected chi connectivity index (χ3v) is 4.91. The Bertz CT molecular complexity index is 1170. The molecule has 1 aliphatic rings. The lowest BCUT2D eigenvalue weighted by Gasteiger charge is -2.28. The minimum Gasteiger partial charge on any atom is -0.395 e. The Balaban J connectivity index is 1.99. The van der Waals surface area contributed by atoms with Crippen molar-refractivity contribution >= 4 is 39.6 Å². The smallest absolute Gasteiger partial charge is 0.293 e. The second-order valence-corrected chi connectivity index (χ2v) is 6.74. The molecule has 3 aromatic carbocycles. The number of aliphatic hydroxyl groups is 1. The highest BCUT2D eigenvalue weighted by Gasteiger charge is 2.36. The van der Waals surface area contributed by atoms with E-state index in [1.165, 1.54) is 6.07 Å². The van der Waals surface area contributed by atoms with Gasteiger partial charge in [0.15, 0.2) is 0 Å². The molecule has 0 atom stereocenters. The van der Waals surface area contributed by atoms with E-state index in [1.807, 2.05) is 6.92 Å². The van der Waals surface area contributed by atoms with Crippen LogP contribution >= 0.6 is 0 Å². The largest absolute Gasteiger partial charge is 0.395 e. The summed E-state index contributed by atoms with van der Waals surface area (Å²) in [5.41, 5.74) is 1.65. The minimum atomic E-state index is -0.612. The second kappa shape index (κ2) is 6.99. The molecular weight excluding hydrogens is 374 g/mol. The van der Waals surface area contributed by atoms with Crippen LogP contribution in [0.15, 0.2) is 48.5 Å². The number of nitro groups is 1. The van der Waals surface area contributed by atoms with E-state index >= 15 is 0 Å². The third kappa shape index (κ3) is 2.90. The van der Waals surface area contributed by atoms with E-state index in [2.05, 4.69) is 5.32 Å². The lowest BCUT2D eigenvalue weighted by atomic mass is 9.91. The first-order valence-electron chi connectivity index (χ1n) is 8.98. The van der Waals surface area contributed by atoms with Crippen LogP contribution in [0.1, 0.15) is 26.3 Å². The number of benzene rings is 3. The topological polar surface area (TPSA) is 113 Å². The molecule has 0 aliphatic carbocycles. The highest BCUT2D eigenvalue weighted by molar-refractivity contribution is 6.37. The minimum absolute atomic E-state index is 0.0941. The molecular formula is C21H17N3O5. The highest BCUT2D eigenvalue weighted by Crippen LogP contribution is 2.41. The summed E-state index contributed by atoms with van der Waals surface area (Å²) in [6.45, 7) is 1.76. The molecule has 4 rings (SSSR count). The Hall–Kier alpha value is -3.78. The number of carbonyl (C=O) groups is 2. The lowest BCUT2D eigenvalue weighted by molar-refractivity contribution is -0.383. The molecule has 1 heterocycles. The van der Waals surface area contributed by atoms with Crippen molar-refractivity contribution in [1.29, 1.82) is 0 Å². The van der Waals surface area contributed by atoms with Gasteiger partial charge in [0, 0.05) is 28.9 Å². The predicted molar refractivity (Wildman–Crippen MR) is 108 cm³/mol. The molecule has 0 radical (unpaired) electrons. The number of hydrogen-bond donors (Lipinski definition) is 2. The molecule has 146 valence electrons. The number of imide groups is 1. The van der Waals surface area contributed by atoms with Gasteiger partial charge in [-0.15, -0.1) is 0 Å². The standard InChI is InChI=1S/C21H17N3O5/c1-12-5-7-13(8-6-12)23-20(26)15-4-2-3-14-18(15)16(21(23)27)11-17(24(28)29)19(14)22-9-10-25/h2-8,11,22,25H,9-10H2,1H3. The van der Waals surface area contributed by atoms with Crippen molar-refractivity contribution in [1.82, 2.24) is 0 Å². The second-order valence-electron chi connectivity index (χ2n) is 6.74. The number of aryl methyl sites for hydroxylation is 1. The number of nitro benzene ring substituents is 1. The van der Waals surface area contributed by atoms with E-state index in [0.717, 1.165) is 10.5 Å². The maximum atomic E-state index is 13.2. The van der Waals surface area contributed by atoms with E-state index < -0.39 is 16.7 Å². The lowest BCUT2D eigenvalue weighted by Crippen LogP contribution is -2.40. The normalized spacial score (nSPS) is 13.1. The Morgan fingerprint density at radius 3 is 2.41 bits per heavy atom. The molecule has 0 aromatic heterocycles. The van der Waals surface area contributed by atoms with E-state index in [1.54, 1.807) is 42.5 Å². The van der Waals surface area contributed by atoms with Crippen molar-refractivity contribution in [2.24, 2.45) is 0 Å². The van der Waals surface area contributed by atoms with E-state index in [9.17, 15) is 19.7 Å². The van der Waals surface area contributed by atoms with E-state index in [-0.39, 0.29) is 30.1 Å². The van der Waals surface area contributed by atoms with Crippen molar-refractivity contribution in [2.45, 2.75) is 6.92 Å². The molecule has 8 nitrogen and oxygen atoms in total. The molecule has 0 fully saturated rings. The molecule has 2 N–H and O–H groups in total. The molecule has 1 aliphatic heterocycles. The molecule has 3 aromatic rings. The third-order valence-electron chi connectivity index (χ3n) is 4.91. The van der Waals surface area contributed by atoms with Gasteiger partial charge in [-0.1, -0.05) is 29.8 Å². The summed E-state index contributed by atoms with van der Waals surface area (Å²) in [5, 5.41) is 24.4. The quantitative estimate of drug-likeness (QED) is 0.392. The van der Waals surface area contributed by atoms with E-state index in [4.69, 9.17) is 5.11 Å². The fourth-order valence-electron chi connectivity index (χ4n) is 3.59. The fraction of sp³-hybridized carbons (Fsp3) is 0.143. The van der Waals surface area contributed by atoms with Gasteiger partial charge in [0.2, 0.25) is 0 Å². The number of carbonyl (C=O) groups excluding carboxylic acids is 2. The summed E-state index contributed by atoms with van der Waals surface area (Å²) in [4.78, 5) is 38.5. The molecule has 0 spiro atoms. The van der Waals surface area contributed by atoms with Gasteiger partial charge in [-0.25, -0.2) is 4.90 Å². The SMILES string of the molecule is Cc1ccc(N2C(=O)c3cccc4c(NCCO)c([N+](=O)[O-])cc(c34)C2=O)cc1. The van der Waals surface area contributed by atoms with Gasteiger partial charge in [-0.05, 0) is 25.1 Å². The van der Waals surface area contributed by atoms with Crippen LogP contribution in [0.5, 0.6) is 0 Å². The monoisotopic (exact) mass is 391 g/mol. The van der Waals surface area contributed by atoms with Gasteiger partial charge in [-0.3, -0.25) is 19.7 Å². The number of aliphatic hydroxyl groups excluding tert-OH is 1. The van der Waals surface area contributed by atoms with Crippen LogP contribution < -0.4 is 10.2 Å². The number of nitrogens with zero attached hydrogens (tertiary/aromatic N) is 2. The van der Waals surface area contributed by atoms with Crippen LogP contribution in [-0.4, -0.2) is 35.0 Å². The molecule has 8 heteroatoms. The zero-order valence-electron chi connectivity index (χ0n) is 15.5. The molecule has 2 amide bonds. The first-order chi connectivity index (χ1) is 13.9. The van der Waals surface area contributed by atoms with Crippen molar-refractivity contribution in [3.05, 3.63) is 75.3 Å². The van der Waals surface area contributed by atoms with Crippen LogP contribution in [0, 0.1) is 17.0 Å². The van der Waals surface area contributed by atoms with Crippen LogP contribution in [-0.2, 0) is 0 Å². The summed E-state index contributed by atoms with van der Waals surface area (Å²) in [6, 6.07) is 13.0. The Morgan fingerprint density at radius 2 is 1.76 bits per heavy atom. The van der Waals surface area contributed by atoms with Gasteiger partial charge in [0.05, 0.1) is 22.8 Å². The average molecular weight is 391 g/mol. The fourth-order valence-corrected chi connectivity index (χ4v) is 3.59. The maximum Gasteiger partial charge on any atom is 0.293 e. The number of nitrogens with one attached hydrogen (secondary N) is 1. The van der Waals surface area contributed by atoms with Gasteiger partial charge in [0.25, 0.3) is 17.5 Å². The van der Waals surface area contributed by atoms with Crippen molar-refractivity contribution in [3.63, 3.8) is 0 Å². The maximum absolute atomic E-state index is 13.2. The summed E-state index contributed by atoms with van der Waals surface area (Å²) in [7, 11) is 0. The summed E-state index contributed by atoms with van der Waals surface area (Å²) in [6.07, 6.45) is 0. The van der Waals surface area contributed by atoms with Gasteiger partial charge in [0.1, 0.15) is 5.69 Å². The van der Waals surface area contributed by atoms with Crippen LogP contribution in [0.3, 0.4) is 0 Å². The molecule has 0 saturated heterocycles. The van der Waals surface area contributed by atoms with Crippen molar-refractivity contribution in [3.8, 4) is 0 Å². The molecule has 0 unspecified atom stereocenters. The number of amides is 2. The summed E-state index contributed by atoms with van der Waals surface area (Å²) < 4.78 is 0. The molecule has 0 bridgehead atoms. The van der Waals surface area contributed by atoms with Crippen LogP contribution in [0.2, 0.25) is 0 Å². The molecule has 0 saturated carbocycles. The number of hydrogen-bond acceptors (Lipinski definition) is 6. The Morgan fingerprint density at radius 1 is 1.07 bits per heavy atom. The summed E-state index contributed by atoms with van der Waals surface area (Å²) >= 11 is 0. The Labute approximate surface area is 165 Å². The van der Waals surface area contributed by atoms with Crippen molar-refractivity contribution < 1.29 is 19.6 Å².